The highest BCUT2D eigenvalue weighted by Gasteiger charge is 2.36. The number of carbonyl (C=O) groups excluding carboxylic acids is 2. The first-order valence-electron chi connectivity index (χ1n) is 9.13. The van der Waals surface area contributed by atoms with Crippen LogP contribution in [0.4, 0.5) is 18.9 Å². The summed E-state index contributed by atoms with van der Waals surface area (Å²) >= 11 is 0. The highest BCUT2D eigenvalue weighted by Crippen LogP contribution is 2.33. The Morgan fingerprint density at radius 1 is 1.21 bits per heavy atom. The third kappa shape index (κ3) is 3.85. The molecule has 1 N–H and O–H groups in total. The van der Waals surface area contributed by atoms with Crippen LogP contribution in [0.1, 0.15) is 58.6 Å². The van der Waals surface area contributed by atoms with Gasteiger partial charge in [0.2, 0.25) is 0 Å². The molecule has 0 spiro atoms. The minimum Gasteiger partial charge on any atom is -0.349 e. The number of nitrogens with zero attached hydrogens (tertiary/aromatic N) is 3. The van der Waals surface area contributed by atoms with Crippen LogP contribution in [0.3, 0.4) is 0 Å². The number of benzene rings is 1. The number of hydrogen-bond donors (Lipinski definition) is 1. The molecule has 2 aromatic rings. The lowest BCUT2D eigenvalue weighted by atomic mass is 9.93. The molecule has 4 rings (SSSR count). The summed E-state index contributed by atoms with van der Waals surface area (Å²) in [6.45, 7) is 2.09. The van der Waals surface area contributed by atoms with Crippen LogP contribution < -0.4 is 10.2 Å². The zero-order chi connectivity index (χ0) is 20.1. The maximum absolute atomic E-state index is 13.1. The number of aromatic nitrogens is 2. The van der Waals surface area contributed by atoms with Gasteiger partial charge in [-0.2, -0.15) is 31.8 Å². The lowest BCUT2D eigenvalue weighted by Gasteiger charge is -2.32. The largest absolute Gasteiger partial charge is 0.416 e. The van der Waals surface area contributed by atoms with Gasteiger partial charge in [-0.1, -0.05) is 0 Å². The van der Waals surface area contributed by atoms with Crippen molar-refractivity contribution in [2.75, 3.05) is 11.4 Å². The Labute approximate surface area is 172 Å². The fourth-order valence-corrected chi connectivity index (χ4v) is 3.50. The standard InChI is InChI=1S/C19H19F3N4O2.H2S/c1-11-10-25(14-7-5-12(6-8-14)19(20,21)22)18(28)16-15(9-23-26(11)16)17(27)24-13-3-2-4-13;/h5-9,11,13H,2-4,10H2,1H3,(H,24,27);1H2/t11-;/m0./s1. The average molecular weight is 426 g/mol. The van der Waals surface area contributed by atoms with Crippen LogP contribution in [0.25, 0.3) is 0 Å². The summed E-state index contributed by atoms with van der Waals surface area (Å²) in [7, 11) is 0. The third-order valence-corrected chi connectivity index (χ3v) is 5.30. The monoisotopic (exact) mass is 426 g/mol. The minimum atomic E-state index is -4.44. The van der Waals surface area contributed by atoms with Gasteiger partial charge in [0.15, 0.2) is 0 Å². The Morgan fingerprint density at radius 3 is 2.41 bits per heavy atom. The SMILES string of the molecule is C[C@H]1CN(c2ccc(C(F)(F)F)cc2)C(=O)c2c(C(=O)NC3CCC3)cnn21.S. The molecular formula is C19H21F3N4O2S. The number of carbonyl (C=O) groups is 2. The predicted octanol–water partition coefficient (Wildman–Crippen LogP) is 3.52. The van der Waals surface area contributed by atoms with Crippen molar-refractivity contribution < 1.29 is 22.8 Å². The molecule has 1 atom stereocenters. The van der Waals surface area contributed by atoms with E-state index in [2.05, 4.69) is 10.4 Å². The summed E-state index contributed by atoms with van der Waals surface area (Å²) < 4.78 is 39.9. The van der Waals surface area contributed by atoms with Gasteiger partial charge in [-0.3, -0.25) is 14.3 Å². The molecule has 1 aromatic carbocycles. The van der Waals surface area contributed by atoms with Crippen molar-refractivity contribution in [3.05, 3.63) is 47.3 Å². The topological polar surface area (TPSA) is 67.2 Å². The Bertz CT molecular complexity index is 923. The van der Waals surface area contributed by atoms with Gasteiger partial charge in [-0.15, -0.1) is 0 Å². The maximum atomic E-state index is 13.1. The Morgan fingerprint density at radius 2 is 1.86 bits per heavy atom. The number of alkyl halides is 3. The van der Waals surface area contributed by atoms with Gasteiger partial charge in [-0.05, 0) is 50.5 Å². The first-order valence-corrected chi connectivity index (χ1v) is 9.13. The molecule has 0 saturated heterocycles. The zero-order valence-electron chi connectivity index (χ0n) is 15.7. The van der Waals surface area contributed by atoms with E-state index in [4.69, 9.17) is 0 Å². The van der Waals surface area contributed by atoms with E-state index >= 15 is 0 Å². The zero-order valence-corrected chi connectivity index (χ0v) is 16.7. The lowest BCUT2D eigenvalue weighted by molar-refractivity contribution is -0.137. The second kappa shape index (κ2) is 7.74. The molecule has 156 valence electrons. The molecule has 0 bridgehead atoms. The molecule has 1 aliphatic carbocycles. The first-order chi connectivity index (χ1) is 13.3. The van der Waals surface area contributed by atoms with Gasteiger partial charge in [0, 0.05) is 18.3 Å². The van der Waals surface area contributed by atoms with E-state index in [1.165, 1.54) is 27.9 Å². The van der Waals surface area contributed by atoms with Gasteiger partial charge in [0.05, 0.1) is 23.4 Å². The summed E-state index contributed by atoms with van der Waals surface area (Å²) in [6.07, 6.45) is -0.166. The molecule has 1 saturated carbocycles. The van der Waals surface area contributed by atoms with Crippen molar-refractivity contribution in [3.63, 3.8) is 0 Å². The fourth-order valence-electron chi connectivity index (χ4n) is 3.50. The van der Waals surface area contributed by atoms with E-state index in [1.807, 2.05) is 6.92 Å². The highest BCUT2D eigenvalue weighted by molar-refractivity contribution is 7.59. The van der Waals surface area contributed by atoms with E-state index in [0.717, 1.165) is 31.4 Å². The lowest BCUT2D eigenvalue weighted by Crippen LogP contribution is -2.45. The molecular weight excluding hydrogens is 405 g/mol. The summed E-state index contributed by atoms with van der Waals surface area (Å²) in [5.41, 5.74) is -0.0714. The molecule has 10 heteroatoms. The van der Waals surface area contributed by atoms with Crippen molar-refractivity contribution in [2.45, 2.75) is 44.4 Å². The van der Waals surface area contributed by atoms with Crippen LogP contribution in [0.15, 0.2) is 30.5 Å². The Kier molecular flexibility index (Phi) is 5.66. The van der Waals surface area contributed by atoms with Crippen LogP contribution in [0.5, 0.6) is 0 Å². The molecule has 0 unspecified atom stereocenters. The number of rotatable bonds is 3. The smallest absolute Gasteiger partial charge is 0.349 e. The third-order valence-electron chi connectivity index (χ3n) is 5.30. The van der Waals surface area contributed by atoms with E-state index in [9.17, 15) is 22.8 Å². The molecule has 1 fully saturated rings. The fraction of sp³-hybridized carbons (Fsp3) is 0.421. The molecule has 1 aliphatic heterocycles. The molecule has 1 aromatic heterocycles. The molecule has 2 heterocycles. The van der Waals surface area contributed by atoms with E-state index in [0.29, 0.717) is 5.69 Å². The summed E-state index contributed by atoms with van der Waals surface area (Å²) in [5.74, 6) is -0.796. The second-order valence-corrected chi connectivity index (χ2v) is 7.26. The van der Waals surface area contributed by atoms with Gasteiger partial charge in [-0.25, -0.2) is 0 Å². The van der Waals surface area contributed by atoms with Gasteiger partial charge in [0.25, 0.3) is 11.8 Å². The van der Waals surface area contributed by atoms with Crippen molar-refractivity contribution in [3.8, 4) is 0 Å². The van der Waals surface area contributed by atoms with Crippen LogP contribution in [0, 0.1) is 0 Å². The van der Waals surface area contributed by atoms with Crippen molar-refractivity contribution in [2.24, 2.45) is 0 Å². The van der Waals surface area contributed by atoms with Gasteiger partial charge >= 0.3 is 6.18 Å². The molecule has 2 aliphatic rings. The number of anilines is 1. The van der Waals surface area contributed by atoms with Crippen molar-refractivity contribution in [1.82, 2.24) is 15.1 Å². The van der Waals surface area contributed by atoms with E-state index < -0.39 is 17.6 Å². The van der Waals surface area contributed by atoms with E-state index in [-0.39, 0.29) is 49.3 Å². The van der Waals surface area contributed by atoms with Gasteiger partial charge in [0.1, 0.15) is 5.69 Å². The summed E-state index contributed by atoms with van der Waals surface area (Å²) in [4.78, 5) is 27.0. The van der Waals surface area contributed by atoms with E-state index in [1.54, 1.807) is 0 Å². The summed E-state index contributed by atoms with van der Waals surface area (Å²) in [5, 5.41) is 7.09. The number of nitrogens with one attached hydrogen (secondary N) is 1. The number of fused-ring (bicyclic) bond motifs is 1. The van der Waals surface area contributed by atoms with Crippen LogP contribution in [-0.4, -0.2) is 34.2 Å². The van der Waals surface area contributed by atoms with Crippen molar-refractivity contribution >= 4 is 31.0 Å². The first kappa shape index (κ1) is 21.2. The van der Waals surface area contributed by atoms with Crippen LogP contribution in [0.2, 0.25) is 0 Å². The highest BCUT2D eigenvalue weighted by atomic mass is 32.1. The molecule has 29 heavy (non-hydrogen) atoms. The van der Waals surface area contributed by atoms with Crippen molar-refractivity contribution in [1.29, 1.82) is 0 Å². The number of hydrogen-bond acceptors (Lipinski definition) is 3. The normalized spacial score (nSPS) is 19.2. The maximum Gasteiger partial charge on any atom is 0.416 e. The predicted molar refractivity (Wildman–Crippen MR) is 106 cm³/mol. The number of halogens is 3. The number of amides is 2. The molecule has 0 radical (unpaired) electrons. The second-order valence-electron chi connectivity index (χ2n) is 7.26. The van der Waals surface area contributed by atoms with Crippen LogP contribution in [-0.2, 0) is 6.18 Å². The Hall–Kier alpha value is -2.49. The van der Waals surface area contributed by atoms with Gasteiger partial charge < -0.3 is 10.2 Å². The molecule has 2 amide bonds. The average Bonchev–Trinajstić information content (AvgIpc) is 3.06. The Balaban J connectivity index is 0.00000240. The van der Waals surface area contributed by atoms with Crippen LogP contribution >= 0.6 is 13.5 Å². The summed E-state index contributed by atoms with van der Waals surface area (Å²) in [6, 6.07) is 4.33. The quantitative estimate of drug-likeness (QED) is 0.817. The molecule has 6 nitrogen and oxygen atoms in total. The minimum absolute atomic E-state index is 0.